The Kier molecular flexibility index (Phi) is 2.83. The van der Waals surface area contributed by atoms with Gasteiger partial charge in [-0.05, 0) is 11.6 Å². The summed E-state index contributed by atoms with van der Waals surface area (Å²) in [7, 11) is 0. The molecule has 1 aromatic rings. The highest BCUT2D eigenvalue weighted by atomic mass is 19.4. The number of carboxylic acids is 1. The first-order valence-corrected chi connectivity index (χ1v) is 3.84. The molecule has 0 fully saturated rings. The Hall–Kier alpha value is -1.79. The molecule has 0 aliphatic carbocycles. The van der Waals surface area contributed by atoms with E-state index in [0.29, 0.717) is 6.20 Å². The number of pyridine rings is 1. The molecule has 15 heavy (non-hydrogen) atoms. The zero-order valence-corrected chi connectivity index (χ0v) is 7.38. The maximum atomic E-state index is 12.4. The third-order valence-electron chi connectivity index (χ3n) is 1.66. The Labute approximate surface area is 82.5 Å². The summed E-state index contributed by atoms with van der Waals surface area (Å²) < 4.78 is 37.1. The molecule has 0 aliphatic heterocycles. The van der Waals surface area contributed by atoms with E-state index in [-0.39, 0.29) is 11.4 Å². The number of anilines is 1. The van der Waals surface area contributed by atoms with Crippen LogP contribution in [0.3, 0.4) is 0 Å². The summed E-state index contributed by atoms with van der Waals surface area (Å²) in [5.41, 5.74) is 3.72. The number of nitrogens with zero attached hydrogens (tertiary/aromatic N) is 1. The van der Waals surface area contributed by atoms with Crippen LogP contribution in [0.1, 0.15) is 11.1 Å². The number of carbonyl (C=O) groups is 1. The van der Waals surface area contributed by atoms with E-state index in [4.69, 9.17) is 10.8 Å². The highest BCUT2D eigenvalue weighted by molar-refractivity contribution is 5.71. The molecule has 0 radical (unpaired) electrons. The fourth-order valence-corrected chi connectivity index (χ4v) is 1.08. The van der Waals surface area contributed by atoms with Gasteiger partial charge < -0.3 is 10.8 Å². The van der Waals surface area contributed by atoms with Crippen molar-refractivity contribution in [2.45, 2.75) is 12.6 Å². The van der Waals surface area contributed by atoms with Gasteiger partial charge in [0.2, 0.25) is 0 Å². The van der Waals surface area contributed by atoms with E-state index < -0.39 is 24.1 Å². The van der Waals surface area contributed by atoms with Gasteiger partial charge in [0, 0.05) is 6.20 Å². The third kappa shape index (κ3) is 2.83. The van der Waals surface area contributed by atoms with Gasteiger partial charge in [0.25, 0.3) is 0 Å². The van der Waals surface area contributed by atoms with Crippen molar-refractivity contribution in [1.29, 1.82) is 0 Å². The van der Waals surface area contributed by atoms with Crippen LogP contribution in [0.5, 0.6) is 0 Å². The van der Waals surface area contributed by atoms with Gasteiger partial charge in [0.15, 0.2) is 0 Å². The second-order valence-electron chi connectivity index (χ2n) is 2.83. The Morgan fingerprint density at radius 3 is 2.60 bits per heavy atom. The normalized spacial score (nSPS) is 11.4. The average molecular weight is 220 g/mol. The highest BCUT2D eigenvalue weighted by Crippen LogP contribution is 2.32. The van der Waals surface area contributed by atoms with Gasteiger partial charge in [-0.15, -0.1) is 0 Å². The van der Waals surface area contributed by atoms with Crippen LogP contribution in [-0.4, -0.2) is 16.1 Å². The summed E-state index contributed by atoms with van der Waals surface area (Å²) in [6.07, 6.45) is -4.82. The van der Waals surface area contributed by atoms with E-state index in [1.165, 1.54) is 0 Å². The molecule has 0 unspecified atom stereocenters. The van der Waals surface area contributed by atoms with Crippen molar-refractivity contribution >= 4 is 11.8 Å². The first kappa shape index (κ1) is 11.3. The van der Waals surface area contributed by atoms with Crippen LogP contribution in [0.25, 0.3) is 0 Å². The van der Waals surface area contributed by atoms with E-state index in [2.05, 4.69) is 4.98 Å². The molecule has 3 N–H and O–H groups in total. The van der Waals surface area contributed by atoms with Crippen LogP contribution in [0.15, 0.2) is 12.3 Å². The fourth-order valence-electron chi connectivity index (χ4n) is 1.08. The quantitative estimate of drug-likeness (QED) is 0.787. The highest BCUT2D eigenvalue weighted by Gasteiger charge is 2.34. The van der Waals surface area contributed by atoms with Gasteiger partial charge in [0.1, 0.15) is 5.82 Å². The predicted molar refractivity (Wildman–Crippen MR) is 45.0 cm³/mol. The Morgan fingerprint density at radius 1 is 1.53 bits per heavy atom. The van der Waals surface area contributed by atoms with Crippen molar-refractivity contribution in [3.8, 4) is 0 Å². The van der Waals surface area contributed by atoms with Crippen LogP contribution in [-0.2, 0) is 17.4 Å². The summed E-state index contributed by atoms with van der Waals surface area (Å²) in [4.78, 5) is 13.6. The van der Waals surface area contributed by atoms with Crippen molar-refractivity contribution in [3.63, 3.8) is 0 Å². The second-order valence-corrected chi connectivity index (χ2v) is 2.83. The van der Waals surface area contributed by atoms with Crippen molar-refractivity contribution in [3.05, 3.63) is 23.4 Å². The minimum absolute atomic E-state index is 0.140. The Bertz CT molecular complexity index is 390. The van der Waals surface area contributed by atoms with Gasteiger partial charge >= 0.3 is 12.1 Å². The lowest BCUT2D eigenvalue weighted by atomic mass is 10.1. The molecule has 0 saturated carbocycles. The van der Waals surface area contributed by atoms with Crippen LogP contribution in [0.2, 0.25) is 0 Å². The van der Waals surface area contributed by atoms with Gasteiger partial charge in [-0.3, -0.25) is 4.79 Å². The lowest BCUT2D eigenvalue weighted by molar-refractivity contribution is -0.139. The molecule has 4 nitrogen and oxygen atoms in total. The van der Waals surface area contributed by atoms with Crippen molar-refractivity contribution in [2.24, 2.45) is 0 Å². The molecule has 1 aromatic heterocycles. The zero-order valence-electron chi connectivity index (χ0n) is 7.38. The van der Waals surface area contributed by atoms with E-state index in [1.807, 2.05) is 0 Å². The number of carboxylic acid groups (broad SMARTS) is 1. The second kappa shape index (κ2) is 3.76. The maximum Gasteiger partial charge on any atom is 0.418 e. The minimum Gasteiger partial charge on any atom is -0.481 e. The number of nitrogens with two attached hydrogens (primary N) is 1. The number of rotatable bonds is 2. The summed E-state index contributed by atoms with van der Waals surface area (Å²) in [6, 6.07) is 0.914. The molecule has 82 valence electrons. The van der Waals surface area contributed by atoms with Gasteiger partial charge in [-0.25, -0.2) is 4.98 Å². The molecular formula is C8H7F3N2O2. The van der Waals surface area contributed by atoms with Gasteiger partial charge in [0.05, 0.1) is 12.0 Å². The summed E-state index contributed by atoms with van der Waals surface area (Å²) in [5.74, 6) is -1.50. The zero-order chi connectivity index (χ0) is 11.6. The van der Waals surface area contributed by atoms with Crippen molar-refractivity contribution < 1.29 is 23.1 Å². The molecule has 0 atom stereocenters. The molecule has 0 saturated heterocycles. The summed E-state index contributed by atoms with van der Waals surface area (Å²) in [6.45, 7) is 0. The van der Waals surface area contributed by atoms with Gasteiger partial charge in [-0.2, -0.15) is 13.2 Å². The topological polar surface area (TPSA) is 76.2 Å². The molecular weight excluding hydrogens is 213 g/mol. The minimum atomic E-state index is -4.62. The fraction of sp³-hybridized carbons (Fsp3) is 0.250. The molecule has 1 rings (SSSR count). The van der Waals surface area contributed by atoms with Crippen LogP contribution < -0.4 is 5.73 Å². The first-order valence-electron chi connectivity index (χ1n) is 3.84. The smallest absolute Gasteiger partial charge is 0.418 e. The third-order valence-corrected chi connectivity index (χ3v) is 1.66. The summed E-state index contributed by atoms with van der Waals surface area (Å²) in [5, 5.41) is 8.42. The van der Waals surface area contributed by atoms with Crippen LogP contribution in [0.4, 0.5) is 19.0 Å². The first-order chi connectivity index (χ1) is 6.80. The lowest BCUT2D eigenvalue weighted by Crippen LogP contribution is -2.13. The van der Waals surface area contributed by atoms with Crippen molar-refractivity contribution in [1.82, 2.24) is 4.98 Å². The number of alkyl halides is 3. The largest absolute Gasteiger partial charge is 0.481 e. The van der Waals surface area contributed by atoms with Gasteiger partial charge in [-0.1, -0.05) is 0 Å². The molecule has 1 heterocycles. The molecule has 0 spiro atoms. The van der Waals surface area contributed by atoms with E-state index in [0.717, 1.165) is 6.07 Å². The lowest BCUT2D eigenvalue weighted by Gasteiger charge is -2.11. The van der Waals surface area contributed by atoms with E-state index in [1.54, 1.807) is 0 Å². The molecule has 0 aliphatic rings. The number of hydrogen-bond acceptors (Lipinski definition) is 3. The SMILES string of the molecule is Nc1cc(CC(=O)O)c(C(F)(F)F)cn1. The standard InChI is InChI=1S/C8H7F3N2O2/c9-8(10,11)5-3-13-6(12)1-4(5)2-7(14)15/h1,3H,2H2,(H2,12,13)(H,14,15). The number of aromatic nitrogens is 1. The molecule has 0 aromatic carbocycles. The number of halogens is 3. The predicted octanol–water partition coefficient (Wildman–Crippen LogP) is 1.31. The van der Waals surface area contributed by atoms with Crippen LogP contribution >= 0.6 is 0 Å². The molecule has 0 amide bonds. The molecule has 7 heteroatoms. The number of aliphatic carboxylic acids is 1. The Morgan fingerprint density at radius 2 is 2.13 bits per heavy atom. The van der Waals surface area contributed by atoms with Crippen LogP contribution in [0, 0.1) is 0 Å². The monoisotopic (exact) mass is 220 g/mol. The number of hydrogen-bond donors (Lipinski definition) is 2. The average Bonchev–Trinajstić information content (AvgIpc) is 1.99. The summed E-state index contributed by atoms with van der Waals surface area (Å²) >= 11 is 0. The van der Waals surface area contributed by atoms with E-state index in [9.17, 15) is 18.0 Å². The number of nitrogen functional groups attached to an aromatic ring is 1. The maximum absolute atomic E-state index is 12.4. The van der Waals surface area contributed by atoms with Crippen molar-refractivity contribution in [2.75, 3.05) is 5.73 Å². The molecule has 0 bridgehead atoms. The van der Waals surface area contributed by atoms with E-state index >= 15 is 0 Å². The Balaban J connectivity index is 3.20.